The van der Waals surface area contributed by atoms with Gasteiger partial charge >= 0.3 is 0 Å². The van der Waals surface area contributed by atoms with Crippen LogP contribution in [0.1, 0.15) is 34.1 Å². The van der Waals surface area contributed by atoms with Gasteiger partial charge in [0.25, 0.3) is 0 Å². The fraction of sp³-hybridized carbons (Fsp3) is 0.368. The Hall–Kier alpha value is -2.56. The highest BCUT2D eigenvalue weighted by molar-refractivity contribution is 5.76. The second kappa shape index (κ2) is 10.3. The van der Waals surface area contributed by atoms with Crippen LogP contribution in [0.25, 0.3) is 0 Å². The van der Waals surface area contributed by atoms with E-state index >= 15 is 0 Å². The zero-order valence-corrected chi connectivity index (χ0v) is 15.6. The molecule has 0 saturated heterocycles. The van der Waals surface area contributed by atoms with Crippen LogP contribution in [0.4, 0.5) is 0 Å². The third kappa shape index (κ3) is 7.13. The number of rotatable bonds is 9. The molecular formula is C19H31N5. The first-order chi connectivity index (χ1) is 11.2. The highest BCUT2D eigenvalue weighted by Crippen LogP contribution is 2.26. The van der Waals surface area contributed by atoms with Gasteiger partial charge in [-0.1, -0.05) is 52.2 Å². The average Bonchev–Trinajstić information content (AvgIpc) is 2.51. The Morgan fingerprint density at radius 2 is 2.00 bits per heavy atom. The smallest absolute Gasteiger partial charge is 0.206 e. The molecule has 0 heterocycles. The molecule has 0 aromatic heterocycles. The molecule has 132 valence electrons. The first-order valence-electron chi connectivity index (χ1n) is 7.93. The summed E-state index contributed by atoms with van der Waals surface area (Å²) in [6, 6.07) is 0. The first-order valence-corrected chi connectivity index (χ1v) is 7.93. The molecule has 0 amide bonds. The predicted molar refractivity (Wildman–Crippen MR) is 106 cm³/mol. The van der Waals surface area contributed by atoms with Gasteiger partial charge in [0, 0.05) is 30.1 Å². The van der Waals surface area contributed by atoms with Crippen molar-refractivity contribution in [3.8, 4) is 0 Å². The van der Waals surface area contributed by atoms with Crippen molar-refractivity contribution in [3.05, 3.63) is 60.5 Å². The number of hydrogen-bond donors (Lipinski definition) is 3. The predicted octanol–water partition coefficient (Wildman–Crippen LogP) is 3.91. The van der Waals surface area contributed by atoms with Gasteiger partial charge in [-0.05, 0) is 31.1 Å². The standard InChI is InChI=1S/C19H31N5/c1-8-12-16(10-3)24(7)17(11-4)15(9-2)13-19(5,6)14-22-23-18(20)21/h8,10-14H,1,3,9H2,2,4-7H3,(H4,20,21,23)/b15-13+,16-12+,17-11-,22-14+. The largest absolute Gasteiger partial charge is 0.369 e. The van der Waals surface area contributed by atoms with Crippen LogP contribution in [0.2, 0.25) is 0 Å². The van der Waals surface area contributed by atoms with Gasteiger partial charge in [-0.25, -0.2) is 5.43 Å². The summed E-state index contributed by atoms with van der Waals surface area (Å²) >= 11 is 0. The highest BCUT2D eigenvalue weighted by atomic mass is 15.3. The topological polar surface area (TPSA) is 77.5 Å². The molecule has 0 aliphatic heterocycles. The summed E-state index contributed by atoms with van der Waals surface area (Å²) in [5, 5.41) is 11.1. The minimum Gasteiger partial charge on any atom is -0.369 e. The number of likely N-dealkylation sites (N-methyl/N-ethyl adjacent to an activating group) is 1. The summed E-state index contributed by atoms with van der Waals surface area (Å²) in [6.07, 6.45) is 12.3. The van der Waals surface area contributed by atoms with Gasteiger partial charge in [-0.2, -0.15) is 5.10 Å². The number of nitrogens with one attached hydrogen (secondary N) is 2. The maximum Gasteiger partial charge on any atom is 0.206 e. The summed E-state index contributed by atoms with van der Waals surface area (Å²) in [6.45, 7) is 15.9. The van der Waals surface area contributed by atoms with Crippen LogP contribution in [0.15, 0.2) is 65.6 Å². The molecule has 0 rings (SSSR count). The van der Waals surface area contributed by atoms with Crippen LogP contribution in [0, 0.1) is 10.8 Å². The monoisotopic (exact) mass is 329 g/mol. The minimum atomic E-state index is -0.292. The fourth-order valence-corrected chi connectivity index (χ4v) is 2.28. The van der Waals surface area contributed by atoms with Gasteiger partial charge in [-0.3, -0.25) is 5.41 Å². The molecule has 0 spiro atoms. The molecule has 0 aliphatic rings. The third-order valence-corrected chi connectivity index (χ3v) is 3.36. The van der Waals surface area contributed by atoms with Crippen molar-refractivity contribution in [2.45, 2.75) is 34.1 Å². The van der Waals surface area contributed by atoms with Gasteiger partial charge in [0.1, 0.15) is 0 Å². The number of guanidine groups is 1. The Balaban J connectivity index is 5.65. The highest BCUT2D eigenvalue weighted by Gasteiger charge is 2.17. The Bertz CT molecular complexity index is 577. The molecule has 0 unspecified atom stereocenters. The number of hydrazone groups is 1. The molecule has 0 radical (unpaired) electrons. The van der Waals surface area contributed by atoms with Crippen LogP contribution >= 0.6 is 0 Å². The van der Waals surface area contributed by atoms with Crippen molar-refractivity contribution in [1.29, 1.82) is 5.41 Å². The van der Waals surface area contributed by atoms with Crippen molar-refractivity contribution in [2.75, 3.05) is 7.05 Å². The molecule has 4 N–H and O–H groups in total. The number of nitrogens with two attached hydrogens (primary N) is 1. The molecule has 0 aromatic carbocycles. The third-order valence-electron chi connectivity index (χ3n) is 3.36. The number of hydrogen-bond acceptors (Lipinski definition) is 3. The molecule has 0 atom stereocenters. The fourth-order valence-electron chi connectivity index (χ4n) is 2.28. The van der Waals surface area contributed by atoms with E-state index in [2.05, 4.69) is 61.5 Å². The molecule has 5 heteroatoms. The minimum absolute atomic E-state index is 0.180. The van der Waals surface area contributed by atoms with Crippen LogP contribution in [-0.2, 0) is 0 Å². The summed E-state index contributed by atoms with van der Waals surface area (Å²) in [7, 11) is 2.01. The summed E-state index contributed by atoms with van der Waals surface area (Å²) in [4.78, 5) is 2.09. The van der Waals surface area contributed by atoms with E-state index < -0.39 is 0 Å². The maximum absolute atomic E-state index is 7.14. The van der Waals surface area contributed by atoms with Crippen molar-refractivity contribution in [1.82, 2.24) is 10.3 Å². The van der Waals surface area contributed by atoms with Gasteiger partial charge in [0.05, 0.1) is 0 Å². The van der Waals surface area contributed by atoms with E-state index in [0.717, 1.165) is 17.8 Å². The van der Waals surface area contributed by atoms with E-state index in [0.29, 0.717) is 0 Å². The van der Waals surface area contributed by atoms with Gasteiger partial charge in [0.2, 0.25) is 5.96 Å². The second-order valence-electron chi connectivity index (χ2n) is 5.89. The van der Waals surface area contributed by atoms with E-state index in [1.165, 1.54) is 5.57 Å². The maximum atomic E-state index is 7.14. The average molecular weight is 329 g/mol. The normalized spacial score (nSPS) is 13.8. The van der Waals surface area contributed by atoms with Gasteiger partial charge in [-0.15, -0.1) is 0 Å². The SMILES string of the molecule is C=C/C=C(\C=C)N(C)C(=C\C)/C(=C/C(C)(C)/C=N/NC(=N)N)CC. The van der Waals surface area contributed by atoms with Crippen molar-refractivity contribution >= 4 is 12.2 Å². The van der Waals surface area contributed by atoms with Crippen LogP contribution < -0.4 is 11.2 Å². The molecular weight excluding hydrogens is 298 g/mol. The van der Waals surface area contributed by atoms with E-state index in [9.17, 15) is 0 Å². The lowest BCUT2D eigenvalue weighted by Crippen LogP contribution is -2.27. The van der Waals surface area contributed by atoms with Crippen LogP contribution in [0.3, 0.4) is 0 Å². The van der Waals surface area contributed by atoms with Crippen LogP contribution in [0.5, 0.6) is 0 Å². The zero-order valence-electron chi connectivity index (χ0n) is 15.6. The van der Waals surface area contributed by atoms with Crippen LogP contribution in [-0.4, -0.2) is 24.1 Å². The van der Waals surface area contributed by atoms with Crippen molar-refractivity contribution in [3.63, 3.8) is 0 Å². The molecule has 0 aliphatic carbocycles. The summed E-state index contributed by atoms with van der Waals surface area (Å²) in [5.74, 6) is -0.180. The van der Waals surface area contributed by atoms with E-state index in [1.807, 2.05) is 26.1 Å². The Kier molecular flexibility index (Phi) is 9.16. The zero-order chi connectivity index (χ0) is 18.8. The Labute approximate surface area is 146 Å². The molecule has 0 saturated carbocycles. The van der Waals surface area contributed by atoms with E-state index in [4.69, 9.17) is 11.1 Å². The van der Waals surface area contributed by atoms with Crippen molar-refractivity contribution < 1.29 is 0 Å². The van der Waals surface area contributed by atoms with Gasteiger partial charge in [0.15, 0.2) is 0 Å². The molecule has 0 fully saturated rings. The molecule has 0 bridgehead atoms. The lowest BCUT2D eigenvalue weighted by Gasteiger charge is -2.27. The van der Waals surface area contributed by atoms with Gasteiger partial charge < -0.3 is 10.6 Å². The lowest BCUT2D eigenvalue weighted by molar-refractivity contribution is 0.535. The molecule has 5 nitrogen and oxygen atoms in total. The number of nitrogens with zero attached hydrogens (tertiary/aromatic N) is 2. The van der Waals surface area contributed by atoms with Crippen molar-refractivity contribution in [2.24, 2.45) is 16.3 Å². The summed E-state index contributed by atoms with van der Waals surface area (Å²) < 4.78 is 0. The Morgan fingerprint density at radius 1 is 1.38 bits per heavy atom. The quantitative estimate of drug-likeness (QED) is 0.260. The number of allylic oxidation sites excluding steroid dienone is 6. The molecule has 0 aromatic rings. The first kappa shape index (κ1) is 21.4. The van der Waals surface area contributed by atoms with E-state index in [1.54, 1.807) is 12.3 Å². The second-order valence-corrected chi connectivity index (χ2v) is 5.89. The summed E-state index contributed by atoms with van der Waals surface area (Å²) in [5.41, 5.74) is 10.7. The molecule has 24 heavy (non-hydrogen) atoms. The van der Waals surface area contributed by atoms with E-state index in [-0.39, 0.29) is 11.4 Å². The lowest BCUT2D eigenvalue weighted by atomic mass is 9.90. The Morgan fingerprint density at radius 3 is 2.42 bits per heavy atom.